The minimum absolute atomic E-state index is 0.248. The normalized spacial score (nSPS) is 12.7. The van der Waals surface area contributed by atoms with Gasteiger partial charge < -0.3 is 5.32 Å². The molecule has 0 spiro atoms. The summed E-state index contributed by atoms with van der Waals surface area (Å²) >= 11 is 0. The second-order valence-corrected chi connectivity index (χ2v) is 7.32. The highest BCUT2D eigenvalue weighted by molar-refractivity contribution is 7.92. The number of benzene rings is 1. The van der Waals surface area contributed by atoms with Crippen LogP contribution in [0.15, 0.2) is 24.3 Å². The Bertz CT molecular complexity index is 582. The quantitative estimate of drug-likeness (QED) is 0.746. The summed E-state index contributed by atoms with van der Waals surface area (Å²) in [5.74, 6) is -0.248. The minimum atomic E-state index is -3.55. The second kappa shape index (κ2) is 8.17. The van der Waals surface area contributed by atoms with E-state index in [9.17, 15) is 13.2 Å². The third-order valence-corrected chi connectivity index (χ3v) is 4.63. The highest BCUT2D eigenvalue weighted by atomic mass is 32.2. The van der Waals surface area contributed by atoms with Gasteiger partial charge in [-0.2, -0.15) is 0 Å². The molecular formula is C16H26N2O3S. The zero-order valence-electron chi connectivity index (χ0n) is 13.8. The van der Waals surface area contributed by atoms with E-state index < -0.39 is 16.1 Å². The number of nitrogens with zero attached hydrogens (tertiary/aromatic N) is 1. The molecule has 0 heterocycles. The average Bonchev–Trinajstić information content (AvgIpc) is 2.44. The fraction of sp³-hybridized carbons (Fsp3) is 0.562. The SMILES string of the molecule is CCCCNC(=O)[C@@H](CC)N(c1ccc(C)cc1)S(C)(=O)=O. The van der Waals surface area contributed by atoms with Crippen molar-refractivity contribution in [3.05, 3.63) is 29.8 Å². The Morgan fingerprint density at radius 1 is 1.23 bits per heavy atom. The van der Waals surface area contributed by atoms with Gasteiger partial charge in [0.25, 0.3) is 0 Å². The van der Waals surface area contributed by atoms with Gasteiger partial charge in [0.1, 0.15) is 6.04 Å². The zero-order valence-corrected chi connectivity index (χ0v) is 14.6. The van der Waals surface area contributed by atoms with Gasteiger partial charge >= 0.3 is 0 Å². The summed E-state index contributed by atoms with van der Waals surface area (Å²) < 4.78 is 25.6. The van der Waals surface area contributed by atoms with Gasteiger partial charge in [0.15, 0.2) is 0 Å². The maximum atomic E-state index is 12.4. The largest absolute Gasteiger partial charge is 0.354 e. The van der Waals surface area contributed by atoms with Gasteiger partial charge in [-0.3, -0.25) is 9.10 Å². The molecule has 1 atom stereocenters. The van der Waals surface area contributed by atoms with Gasteiger partial charge in [-0.05, 0) is 31.9 Å². The van der Waals surface area contributed by atoms with E-state index in [0.717, 1.165) is 24.7 Å². The number of aryl methyl sites for hydroxylation is 1. The van der Waals surface area contributed by atoms with Crippen molar-refractivity contribution in [1.82, 2.24) is 5.32 Å². The van der Waals surface area contributed by atoms with Gasteiger partial charge in [-0.15, -0.1) is 0 Å². The number of nitrogens with one attached hydrogen (secondary N) is 1. The van der Waals surface area contributed by atoms with Crippen LogP contribution in [0.4, 0.5) is 5.69 Å². The highest BCUT2D eigenvalue weighted by Gasteiger charge is 2.31. The Morgan fingerprint density at radius 2 is 1.82 bits per heavy atom. The van der Waals surface area contributed by atoms with Gasteiger partial charge in [-0.25, -0.2) is 8.42 Å². The fourth-order valence-corrected chi connectivity index (χ4v) is 3.47. The van der Waals surface area contributed by atoms with Gasteiger partial charge in [0, 0.05) is 6.54 Å². The molecule has 0 aliphatic carbocycles. The lowest BCUT2D eigenvalue weighted by Crippen LogP contribution is -2.49. The number of sulfonamides is 1. The number of hydrogen-bond donors (Lipinski definition) is 1. The Hall–Kier alpha value is -1.56. The van der Waals surface area contributed by atoms with Crippen molar-refractivity contribution < 1.29 is 13.2 Å². The van der Waals surface area contributed by atoms with E-state index in [1.54, 1.807) is 12.1 Å². The van der Waals surface area contributed by atoms with E-state index in [2.05, 4.69) is 5.32 Å². The van der Waals surface area contributed by atoms with Crippen molar-refractivity contribution in [2.45, 2.75) is 46.1 Å². The number of hydrogen-bond acceptors (Lipinski definition) is 3. The molecule has 0 aromatic heterocycles. The molecule has 1 aromatic rings. The molecular weight excluding hydrogens is 300 g/mol. The first-order valence-corrected chi connectivity index (χ1v) is 9.49. The predicted octanol–water partition coefficient (Wildman–Crippen LogP) is 2.46. The Labute approximate surface area is 133 Å². The van der Waals surface area contributed by atoms with Crippen LogP contribution < -0.4 is 9.62 Å². The van der Waals surface area contributed by atoms with Crippen molar-refractivity contribution >= 4 is 21.6 Å². The lowest BCUT2D eigenvalue weighted by atomic mass is 10.1. The molecule has 0 aliphatic rings. The molecule has 0 fully saturated rings. The lowest BCUT2D eigenvalue weighted by Gasteiger charge is -2.30. The summed E-state index contributed by atoms with van der Waals surface area (Å²) in [6.45, 7) is 6.36. The standard InChI is InChI=1S/C16H26N2O3S/c1-5-7-12-17-16(19)15(6-2)18(22(4,20)21)14-10-8-13(3)9-11-14/h8-11,15H,5-7,12H2,1-4H3,(H,17,19)/t15-/m1/s1. The molecule has 0 saturated carbocycles. The first-order valence-electron chi connectivity index (χ1n) is 7.65. The van der Waals surface area contributed by atoms with Crippen molar-refractivity contribution in [1.29, 1.82) is 0 Å². The zero-order chi connectivity index (χ0) is 16.8. The number of rotatable bonds is 8. The van der Waals surface area contributed by atoms with Crippen molar-refractivity contribution in [2.24, 2.45) is 0 Å². The van der Waals surface area contributed by atoms with Crippen LogP contribution in [0.3, 0.4) is 0 Å². The Morgan fingerprint density at radius 3 is 2.27 bits per heavy atom. The van der Waals surface area contributed by atoms with Gasteiger partial charge in [-0.1, -0.05) is 38.0 Å². The summed E-state index contributed by atoms with van der Waals surface area (Å²) in [4.78, 5) is 12.4. The second-order valence-electron chi connectivity index (χ2n) is 5.46. The van der Waals surface area contributed by atoms with Crippen LogP contribution in [0.25, 0.3) is 0 Å². The van der Waals surface area contributed by atoms with Crippen LogP contribution in [0, 0.1) is 6.92 Å². The summed E-state index contributed by atoms with van der Waals surface area (Å²) in [6, 6.07) is 6.43. The van der Waals surface area contributed by atoms with Gasteiger partial charge in [0.2, 0.25) is 15.9 Å². The average molecular weight is 326 g/mol. The molecule has 1 rings (SSSR count). The first kappa shape index (κ1) is 18.5. The molecule has 1 amide bonds. The number of carbonyl (C=O) groups is 1. The molecule has 0 unspecified atom stereocenters. The first-order chi connectivity index (χ1) is 10.3. The minimum Gasteiger partial charge on any atom is -0.354 e. The molecule has 0 saturated heterocycles. The smallest absolute Gasteiger partial charge is 0.243 e. The van der Waals surface area contributed by atoms with Crippen molar-refractivity contribution in [3.8, 4) is 0 Å². The maximum Gasteiger partial charge on any atom is 0.243 e. The van der Waals surface area contributed by atoms with Crippen LogP contribution in [0.1, 0.15) is 38.7 Å². The Kier molecular flexibility index (Phi) is 6.87. The molecule has 1 aromatic carbocycles. The summed E-state index contributed by atoms with van der Waals surface area (Å²) in [5, 5.41) is 2.82. The van der Waals surface area contributed by atoms with E-state index in [1.165, 1.54) is 4.31 Å². The predicted molar refractivity (Wildman–Crippen MR) is 90.5 cm³/mol. The van der Waals surface area contributed by atoms with Gasteiger partial charge in [0.05, 0.1) is 11.9 Å². The number of anilines is 1. The molecule has 0 aliphatic heterocycles. The van der Waals surface area contributed by atoms with Crippen LogP contribution in [0.5, 0.6) is 0 Å². The monoisotopic (exact) mass is 326 g/mol. The molecule has 124 valence electrons. The highest BCUT2D eigenvalue weighted by Crippen LogP contribution is 2.22. The van der Waals surface area contributed by atoms with Crippen molar-refractivity contribution in [2.75, 3.05) is 17.1 Å². The summed E-state index contributed by atoms with van der Waals surface area (Å²) in [5.41, 5.74) is 1.56. The Balaban J connectivity index is 3.08. The third-order valence-electron chi connectivity index (χ3n) is 3.45. The summed E-state index contributed by atoms with van der Waals surface area (Å²) in [6.07, 6.45) is 3.41. The van der Waals surface area contributed by atoms with Crippen LogP contribution in [-0.2, 0) is 14.8 Å². The van der Waals surface area contributed by atoms with Crippen molar-refractivity contribution in [3.63, 3.8) is 0 Å². The van der Waals surface area contributed by atoms with E-state index in [1.807, 2.05) is 32.9 Å². The third kappa shape index (κ3) is 5.02. The number of unbranched alkanes of at least 4 members (excludes halogenated alkanes) is 1. The number of amides is 1. The number of carbonyl (C=O) groups excluding carboxylic acids is 1. The molecule has 22 heavy (non-hydrogen) atoms. The summed E-state index contributed by atoms with van der Waals surface area (Å²) in [7, 11) is -3.55. The maximum absolute atomic E-state index is 12.4. The topological polar surface area (TPSA) is 66.5 Å². The molecule has 0 bridgehead atoms. The van der Waals surface area contributed by atoms with Crippen LogP contribution in [-0.4, -0.2) is 33.2 Å². The molecule has 1 N–H and O–H groups in total. The lowest BCUT2D eigenvalue weighted by molar-refractivity contribution is -0.122. The fourth-order valence-electron chi connectivity index (χ4n) is 2.26. The van der Waals surface area contributed by atoms with Crippen LogP contribution in [0.2, 0.25) is 0 Å². The van der Waals surface area contributed by atoms with Crippen LogP contribution >= 0.6 is 0 Å². The van der Waals surface area contributed by atoms with E-state index in [-0.39, 0.29) is 5.91 Å². The van der Waals surface area contributed by atoms with E-state index >= 15 is 0 Å². The molecule has 0 radical (unpaired) electrons. The molecule has 5 nitrogen and oxygen atoms in total. The van der Waals surface area contributed by atoms with E-state index in [4.69, 9.17) is 0 Å². The molecule has 6 heteroatoms. The van der Waals surface area contributed by atoms with E-state index in [0.29, 0.717) is 18.7 Å².